The number of benzene rings is 1. The third-order valence-corrected chi connectivity index (χ3v) is 11.7. The van der Waals surface area contributed by atoms with Crippen molar-refractivity contribution >= 4 is 30.4 Å². The number of ether oxygens (including phenoxy) is 2. The van der Waals surface area contributed by atoms with Crippen LogP contribution in [0, 0.1) is 0 Å². The Morgan fingerprint density at radius 1 is 0.875 bits per heavy atom. The standard InChI is InChI=1S/C24H39N4O2PS/c1-24(2,3)31(27-14-8-4-5-9-15-27,28-16-10-6-7-11-17-28)26-23(32)25-20-12-13-21-22(18-20)30-19-29-21/h12-13,18H,4-11,14-17,19H2,1-3H3,(H,25,32). The average Bonchev–Trinajstić information content (AvgIpc) is 2.94. The van der Waals surface area contributed by atoms with Crippen LogP contribution in [0.5, 0.6) is 11.5 Å². The molecule has 0 aromatic heterocycles. The van der Waals surface area contributed by atoms with Gasteiger partial charge in [-0.1, -0.05) is 46.5 Å². The number of rotatable bonds is 3. The lowest BCUT2D eigenvalue weighted by atomic mass is 10.2. The summed E-state index contributed by atoms with van der Waals surface area (Å²) in [5.41, 5.74) is 0.904. The van der Waals surface area contributed by atoms with Crippen molar-refractivity contribution in [1.29, 1.82) is 0 Å². The molecule has 0 aliphatic carbocycles. The summed E-state index contributed by atoms with van der Waals surface area (Å²) in [6.45, 7) is 11.9. The maximum absolute atomic E-state index is 5.91. The summed E-state index contributed by atoms with van der Waals surface area (Å²) in [6.07, 6.45) is 10.3. The Hall–Kier alpha value is -1.14. The third-order valence-electron chi connectivity index (χ3n) is 6.71. The SMILES string of the molecule is CC(C)(C)P(=NC(=S)Nc1ccc2c(c1)OCO2)(N1CCCCCC1)N1CCCCCC1. The molecule has 0 amide bonds. The van der Waals surface area contributed by atoms with Crippen molar-refractivity contribution in [2.24, 2.45) is 4.74 Å². The second kappa shape index (κ2) is 10.4. The fraction of sp³-hybridized carbons (Fsp3) is 0.708. The van der Waals surface area contributed by atoms with Crippen LogP contribution in [0.1, 0.15) is 72.1 Å². The lowest BCUT2D eigenvalue weighted by Crippen LogP contribution is -2.42. The molecule has 178 valence electrons. The molecule has 8 heteroatoms. The van der Waals surface area contributed by atoms with Gasteiger partial charge in [0.2, 0.25) is 6.79 Å². The maximum Gasteiger partial charge on any atom is 0.231 e. The van der Waals surface area contributed by atoms with Gasteiger partial charge in [0, 0.05) is 43.1 Å². The first-order valence-corrected chi connectivity index (χ1v) is 14.3. The van der Waals surface area contributed by atoms with Crippen LogP contribution in [-0.2, 0) is 0 Å². The minimum Gasteiger partial charge on any atom is -0.454 e. The molecule has 1 aromatic rings. The van der Waals surface area contributed by atoms with Crippen molar-refractivity contribution in [2.45, 2.75) is 77.3 Å². The molecule has 0 radical (unpaired) electrons. The fourth-order valence-corrected chi connectivity index (χ4v) is 10.3. The molecule has 4 rings (SSSR count). The molecule has 0 saturated carbocycles. The number of nitrogens with one attached hydrogen (secondary N) is 1. The van der Waals surface area contributed by atoms with E-state index >= 15 is 0 Å². The van der Waals surface area contributed by atoms with E-state index in [4.69, 9.17) is 26.4 Å². The van der Waals surface area contributed by atoms with Gasteiger partial charge in [-0.2, -0.15) is 0 Å². The van der Waals surface area contributed by atoms with Gasteiger partial charge < -0.3 is 14.8 Å². The summed E-state index contributed by atoms with van der Waals surface area (Å²) in [5.74, 6) is 1.54. The van der Waals surface area contributed by atoms with Crippen LogP contribution in [0.15, 0.2) is 22.9 Å². The Kier molecular flexibility index (Phi) is 7.81. The van der Waals surface area contributed by atoms with Crippen LogP contribution >= 0.6 is 19.6 Å². The molecule has 1 aromatic carbocycles. The van der Waals surface area contributed by atoms with E-state index in [-0.39, 0.29) is 11.9 Å². The monoisotopic (exact) mass is 478 g/mol. The Bertz CT molecular complexity index is 830. The number of anilines is 1. The molecular formula is C24H39N4O2PS. The molecule has 0 atom stereocenters. The molecule has 3 heterocycles. The highest BCUT2D eigenvalue weighted by molar-refractivity contribution is 7.81. The van der Waals surface area contributed by atoms with Crippen molar-refractivity contribution in [3.63, 3.8) is 0 Å². The topological polar surface area (TPSA) is 49.3 Å². The summed E-state index contributed by atoms with van der Waals surface area (Å²) in [5, 5.41) is 4.01. The normalized spacial score (nSPS) is 21.0. The van der Waals surface area contributed by atoms with Crippen LogP contribution in [0.4, 0.5) is 5.69 Å². The van der Waals surface area contributed by atoms with Gasteiger partial charge in [-0.15, -0.1) is 0 Å². The van der Waals surface area contributed by atoms with E-state index in [0.717, 1.165) is 43.4 Å². The average molecular weight is 479 g/mol. The van der Waals surface area contributed by atoms with Crippen molar-refractivity contribution in [3.8, 4) is 11.5 Å². The number of hydrogen-bond acceptors (Lipinski definition) is 3. The zero-order valence-electron chi connectivity index (χ0n) is 19.9. The van der Waals surface area contributed by atoms with Gasteiger partial charge in [-0.05, 0) is 50.0 Å². The highest BCUT2D eigenvalue weighted by Gasteiger charge is 2.44. The van der Waals surface area contributed by atoms with Gasteiger partial charge in [-0.3, -0.25) is 9.34 Å². The van der Waals surface area contributed by atoms with Gasteiger partial charge in [-0.25, -0.2) is 4.74 Å². The number of fused-ring (bicyclic) bond motifs is 1. The molecular weight excluding hydrogens is 439 g/mol. The van der Waals surface area contributed by atoms with Gasteiger partial charge in [0.25, 0.3) is 0 Å². The molecule has 2 fully saturated rings. The van der Waals surface area contributed by atoms with E-state index in [2.05, 4.69) is 35.4 Å². The van der Waals surface area contributed by atoms with E-state index < -0.39 is 7.36 Å². The smallest absolute Gasteiger partial charge is 0.231 e. The fourth-order valence-electron chi connectivity index (χ4n) is 5.22. The Balaban J connectivity index is 1.72. The van der Waals surface area contributed by atoms with Crippen molar-refractivity contribution < 1.29 is 9.47 Å². The van der Waals surface area contributed by atoms with Gasteiger partial charge in [0.1, 0.15) is 7.36 Å². The Morgan fingerprint density at radius 3 is 1.94 bits per heavy atom. The first kappa shape index (κ1) is 24.0. The van der Waals surface area contributed by atoms with Crippen LogP contribution < -0.4 is 14.8 Å². The number of thiocarbonyl (C=S) groups is 1. The van der Waals surface area contributed by atoms with Crippen LogP contribution in [0.2, 0.25) is 0 Å². The number of hydrogen-bond donors (Lipinski definition) is 1. The van der Waals surface area contributed by atoms with E-state index in [0.29, 0.717) is 5.11 Å². The number of nitrogens with zero attached hydrogens (tertiary/aromatic N) is 3. The molecule has 32 heavy (non-hydrogen) atoms. The first-order chi connectivity index (χ1) is 15.4. The van der Waals surface area contributed by atoms with Gasteiger partial charge >= 0.3 is 0 Å². The minimum atomic E-state index is -2.06. The molecule has 3 aliphatic rings. The Morgan fingerprint density at radius 2 is 1.41 bits per heavy atom. The lowest BCUT2D eigenvalue weighted by Gasteiger charge is -2.50. The Labute approximate surface area is 199 Å². The van der Waals surface area contributed by atoms with E-state index in [1.807, 2.05) is 18.2 Å². The summed E-state index contributed by atoms with van der Waals surface area (Å²) < 4.78 is 22.0. The molecule has 0 bridgehead atoms. The molecule has 3 aliphatic heterocycles. The quantitative estimate of drug-likeness (QED) is 0.386. The largest absolute Gasteiger partial charge is 0.454 e. The minimum absolute atomic E-state index is 0.0162. The molecule has 2 saturated heterocycles. The van der Waals surface area contributed by atoms with Crippen LogP contribution in [0.25, 0.3) is 0 Å². The van der Waals surface area contributed by atoms with E-state index in [1.54, 1.807) is 0 Å². The lowest BCUT2D eigenvalue weighted by molar-refractivity contribution is 0.174. The van der Waals surface area contributed by atoms with Gasteiger partial charge in [0.05, 0.1) is 0 Å². The van der Waals surface area contributed by atoms with Crippen molar-refractivity contribution in [1.82, 2.24) is 9.34 Å². The third kappa shape index (κ3) is 5.16. The zero-order valence-corrected chi connectivity index (χ0v) is 21.6. The molecule has 0 spiro atoms. The summed E-state index contributed by atoms with van der Waals surface area (Å²) >= 11 is 5.91. The first-order valence-electron chi connectivity index (χ1n) is 12.2. The predicted octanol–water partition coefficient (Wildman–Crippen LogP) is 6.69. The second-order valence-corrected chi connectivity index (χ2v) is 14.3. The van der Waals surface area contributed by atoms with Gasteiger partial charge in [0.15, 0.2) is 16.6 Å². The zero-order chi connectivity index (χ0) is 22.6. The van der Waals surface area contributed by atoms with Crippen LogP contribution in [-0.4, -0.2) is 52.6 Å². The predicted molar refractivity (Wildman–Crippen MR) is 138 cm³/mol. The van der Waals surface area contributed by atoms with Crippen LogP contribution in [0.3, 0.4) is 0 Å². The second-order valence-electron chi connectivity index (χ2n) is 10.1. The highest BCUT2D eigenvalue weighted by atomic mass is 32.1. The maximum atomic E-state index is 5.91. The summed E-state index contributed by atoms with van der Waals surface area (Å²) in [7, 11) is -2.06. The molecule has 0 unspecified atom stereocenters. The summed E-state index contributed by atoms with van der Waals surface area (Å²) in [6, 6.07) is 5.88. The van der Waals surface area contributed by atoms with E-state index in [1.165, 1.54) is 51.4 Å². The van der Waals surface area contributed by atoms with Crippen molar-refractivity contribution in [2.75, 3.05) is 38.3 Å². The highest BCUT2D eigenvalue weighted by Crippen LogP contribution is 2.67. The van der Waals surface area contributed by atoms with E-state index in [9.17, 15) is 0 Å². The summed E-state index contributed by atoms with van der Waals surface area (Å²) in [4.78, 5) is 0. The molecule has 1 N–H and O–H groups in total. The van der Waals surface area contributed by atoms with Crippen molar-refractivity contribution in [3.05, 3.63) is 18.2 Å². The molecule has 6 nitrogen and oxygen atoms in total.